The molecule has 0 aliphatic carbocycles. The number of aromatic nitrogens is 1. The van der Waals surface area contributed by atoms with Crippen LogP contribution in [0.5, 0.6) is 0 Å². The average molecular weight is 308 g/mol. The predicted molar refractivity (Wildman–Crippen MR) is 76.8 cm³/mol. The van der Waals surface area contributed by atoms with E-state index in [0.717, 1.165) is 5.56 Å². The molecule has 3 aromatic rings. The minimum Gasteiger partial charge on any atom is -0.244 e. The summed E-state index contributed by atoms with van der Waals surface area (Å²) in [6.07, 6.45) is 0. The summed E-state index contributed by atoms with van der Waals surface area (Å²) < 4.78 is 41.1. The number of benzene rings is 2. The molecule has 0 unspecified atom stereocenters. The molecule has 1 nitrogen and oxygen atoms in total. The van der Waals surface area contributed by atoms with E-state index in [1.807, 2.05) is 6.07 Å². The zero-order valence-corrected chi connectivity index (χ0v) is 11.7. The lowest BCUT2D eigenvalue weighted by Gasteiger charge is -2.12. The molecule has 0 amide bonds. The molecule has 0 fully saturated rings. The number of fused-ring (bicyclic) bond motifs is 1. The highest BCUT2D eigenvalue weighted by Crippen LogP contribution is 2.35. The van der Waals surface area contributed by atoms with Crippen LogP contribution in [0.1, 0.15) is 5.56 Å². The van der Waals surface area contributed by atoms with Gasteiger partial charge in [-0.3, -0.25) is 0 Å². The van der Waals surface area contributed by atoms with E-state index in [4.69, 9.17) is 11.6 Å². The molecule has 0 bridgehead atoms. The molecular formula is C16H9ClF3N. The van der Waals surface area contributed by atoms with Gasteiger partial charge in [-0.05, 0) is 12.5 Å². The van der Waals surface area contributed by atoms with Crippen molar-refractivity contribution in [2.24, 2.45) is 0 Å². The fourth-order valence-corrected chi connectivity index (χ4v) is 2.52. The summed E-state index contributed by atoms with van der Waals surface area (Å²) in [5.41, 5.74) is 1.36. The maximum atomic E-state index is 13.9. The van der Waals surface area contributed by atoms with Crippen LogP contribution >= 0.6 is 11.6 Å². The topological polar surface area (TPSA) is 12.9 Å². The Morgan fingerprint density at radius 2 is 1.67 bits per heavy atom. The van der Waals surface area contributed by atoms with Gasteiger partial charge in [0, 0.05) is 11.6 Å². The Labute approximate surface area is 124 Å². The number of hydrogen-bond acceptors (Lipinski definition) is 1. The Kier molecular flexibility index (Phi) is 3.33. The molecule has 0 aliphatic rings. The molecule has 0 aliphatic heterocycles. The van der Waals surface area contributed by atoms with Gasteiger partial charge in [0.2, 0.25) is 0 Å². The second kappa shape index (κ2) is 5.04. The second-order valence-corrected chi connectivity index (χ2v) is 5.02. The third-order valence-corrected chi connectivity index (χ3v) is 3.79. The molecule has 5 heteroatoms. The molecule has 0 radical (unpaired) electrons. The van der Waals surface area contributed by atoms with E-state index in [0.29, 0.717) is 17.3 Å². The lowest BCUT2D eigenvalue weighted by molar-refractivity contribution is 0.505. The van der Waals surface area contributed by atoms with Gasteiger partial charge < -0.3 is 0 Å². The Bertz CT molecular complexity index is 848. The monoisotopic (exact) mass is 307 g/mol. The average Bonchev–Trinajstić information content (AvgIpc) is 2.48. The first-order valence-electron chi connectivity index (χ1n) is 6.19. The second-order valence-electron chi connectivity index (χ2n) is 4.64. The van der Waals surface area contributed by atoms with Crippen LogP contribution in [-0.2, 0) is 0 Å². The molecule has 1 aromatic heterocycles. The highest BCUT2D eigenvalue weighted by Gasteiger charge is 2.20. The molecular weight excluding hydrogens is 299 g/mol. The summed E-state index contributed by atoms with van der Waals surface area (Å²) in [6, 6.07) is 9.49. The summed E-state index contributed by atoms with van der Waals surface area (Å²) in [5, 5.41) is -0.360. The maximum Gasteiger partial charge on any atom is 0.169 e. The fraction of sp³-hybridized carbons (Fsp3) is 0.0625. The van der Waals surface area contributed by atoms with E-state index in [-0.39, 0.29) is 15.9 Å². The van der Waals surface area contributed by atoms with Crippen LogP contribution in [-0.4, -0.2) is 4.98 Å². The quantitative estimate of drug-likeness (QED) is 0.557. The molecule has 2 aromatic carbocycles. The molecule has 21 heavy (non-hydrogen) atoms. The first-order chi connectivity index (χ1) is 10.0. The van der Waals surface area contributed by atoms with E-state index in [1.54, 1.807) is 31.2 Å². The molecule has 1 heterocycles. The van der Waals surface area contributed by atoms with Crippen LogP contribution in [0.2, 0.25) is 5.02 Å². The fourth-order valence-electron chi connectivity index (χ4n) is 2.26. The van der Waals surface area contributed by atoms with Gasteiger partial charge in [0.1, 0.15) is 5.52 Å². The number of pyridine rings is 1. The zero-order chi connectivity index (χ0) is 15.1. The molecule has 0 saturated carbocycles. The Morgan fingerprint density at radius 3 is 2.33 bits per heavy atom. The van der Waals surface area contributed by atoms with Crippen LogP contribution in [0.15, 0.2) is 36.4 Å². The van der Waals surface area contributed by atoms with Crippen molar-refractivity contribution in [3.63, 3.8) is 0 Å². The van der Waals surface area contributed by atoms with Gasteiger partial charge in [0.25, 0.3) is 0 Å². The van der Waals surface area contributed by atoms with E-state index in [1.165, 1.54) is 0 Å². The molecule has 106 valence electrons. The maximum absolute atomic E-state index is 13.9. The van der Waals surface area contributed by atoms with Gasteiger partial charge in [0.15, 0.2) is 17.5 Å². The van der Waals surface area contributed by atoms with Gasteiger partial charge in [-0.2, -0.15) is 0 Å². The Morgan fingerprint density at radius 1 is 1.00 bits per heavy atom. The summed E-state index contributed by atoms with van der Waals surface area (Å²) >= 11 is 6.12. The van der Waals surface area contributed by atoms with Gasteiger partial charge >= 0.3 is 0 Å². The number of halogens is 4. The Balaban J connectivity index is 2.44. The predicted octanol–water partition coefficient (Wildman–Crippen LogP) is 5.28. The van der Waals surface area contributed by atoms with Crippen LogP contribution < -0.4 is 0 Å². The smallest absolute Gasteiger partial charge is 0.169 e. The summed E-state index contributed by atoms with van der Waals surface area (Å²) in [4.78, 5) is 4.14. The Hall–Kier alpha value is -2.07. The van der Waals surface area contributed by atoms with Gasteiger partial charge in [-0.15, -0.1) is 0 Å². The van der Waals surface area contributed by atoms with Crippen molar-refractivity contribution in [3.8, 4) is 11.3 Å². The summed E-state index contributed by atoms with van der Waals surface area (Å²) in [5.74, 6) is -3.41. The van der Waals surface area contributed by atoms with Crippen molar-refractivity contribution in [1.82, 2.24) is 4.98 Å². The first kappa shape index (κ1) is 13.9. The lowest BCUT2D eigenvalue weighted by atomic mass is 10.0. The normalized spacial score (nSPS) is 11.1. The van der Waals surface area contributed by atoms with Crippen molar-refractivity contribution >= 4 is 22.5 Å². The lowest BCUT2D eigenvalue weighted by Crippen LogP contribution is -1.99. The number of rotatable bonds is 1. The third-order valence-electron chi connectivity index (χ3n) is 3.32. The SMILES string of the molecule is Cc1c(-c2ccccc2)nc2c(F)cc(F)c(F)c2c1Cl. The third kappa shape index (κ3) is 2.16. The minimum absolute atomic E-state index is 0.0326. The number of hydrogen-bond donors (Lipinski definition) is 0. The zero-order valence-electron chi connectivity index (χ0n) is 10.9. The molecule has 0 atom stereocenters. The first-order valence-corrected chi connectivity index (χ1v) is 6.57. The van der Waals surface area contributed by atoms with Crippen LogP contribution in [0.4, 0.5) is 13.2 Å². The number of nitrogens with zero attached hydrogens (tertiary/aromatic N) is 1. The highest BCUT2D eigenvalue weighted by molar-refractivity contribution is 6.36. The van der Waals surface area contributed by atoms with Gasteiger partial charge in [0.05, 0.1) is 16.1 Å². The molecule has 0 saturated heterocycles. The van der Waals surface area contributed by atoms with Gasteiger partial charge in [-0.1, -0.05) is 41.9 Å². The van der Waals surface area contributed by atoms with Crippen LogP contribution in [0.3, 0.4) is 0 Å². The van der Waals surface area contributed by atoms with E-state index in [9.17, 15) is 13.2 Å². The van der Waals surface area contributed by atoms with Crippen LogP contribution in [0, 0.1) is 24.4 Å². The summed E-state index contributed by atoms with van der Waals surface area (Å²) in [7, 11) is 0. The molecule has 0 N–H and O–H groups in total. The van der Waals surface area contributed by atoms with E-state index < -0.39 is 17.5 Å². The van der Waals surface area contributed by atoms with Crippen LogP contribution in [0.25, 0.3) is 22.2 Å². The minimum atomic E-state index is -1.28. The van der Waals surface area contributed by atoms with E-state index >= 15 is 0 Å². The largest absolute Gasteiger partial charge is 0.244 e. The standard InChI is InChI=1S/C16H9ClF3N/c1-8-13(17)12-14(20)10(18)7-11(19)16(12)21-15(8)9-5-3-2-4-6-9/h2-7H,1H3. The van der Waals surface area contributed by atoms with Crippen molar-refractivity contribution in [2.45, 2.75) is 6.92 Å². The van der Waals surface area contributed by atoms with E-state index in [2.05, 4.69) is 4.98 Å². The highest BCUT2D eigenvalue weighted by atomic mass is 35.5. The molecule has 0 spiro atoms. The molecule has 3 rings (SSSR count). The van der Waals surface area contributed by atoms with Crippen molar-refractivity contribution < 1.29 is 13.2 Å². The van der Waals surface area contributed by atoms with Gasteiger partial charge in [-0.25, -0.2) is 18.2 Å². The van der Waals surface area contributed by atoms with Crippen molar-refractivity contribution in [1.29, 1.82) is 0 Å². The summed E-state index contributed by atoms with van der Waals surface area (Å²) in [6.45, 7) is 1.64. The van der Waals surface area contributed by atoms with Crippen molar-refractivity contribution in [3.05, 3.63) is 64.4 Å². The van der Waals surface area contributed by atoms with Crippen molar-refractivity contribution in [2.75, 3.05) is 0 Å².